The molecule has 0 saturated carbocycles. The maximum atomic E-state index is 8.78. The van der Waals surface area contributed by atoms with E-state index >= 15 is 0 Å². The molecular formula is C14H23N3O2. The van der Waals surface area contributed by atoms with Gasteiger partial charge in [0.05, 0.1) is 6.61 Å². The molecule has 0 aliphatic carbocycles. The Bertz CT molecular complexity index is 382. The Labute approximate surface area is 114 Å². The number of nitrogens with zero attached hydrogens (tertiary/aromatic N) is 2. The Kier molecular flexibility index (Phi) is 6.92. The van der Waals surface area contributed by atoms with E-state index in [1.54, 1.807) is 7.11 Å². The molecule has 0 aliphatic heterocycles. The van der Waals surface area contributed by atoms with Crippen molar-refractivity contribution in [3.8, 4) is 0 Å². The highest BCUT2D eigenvalue weighted by Crippen LogP contribution is 2.23. The third-order valence-corrected chi connectivity index (χ3v) is 3.14. The number of benzene rings is 1. The summed E-state index contributed by atoms with van der Waals surface area (Å²) in [6, 6.07) is 10.2. The van der Waals surface area contributed by atoms with E-state index in [2.05, 4.69) is 29.1 Å². The van der Waals surface area contributed by atoms with Crippen LogP contribution in [0.2, 0.25) is 0 Å². The van der Waals surface area contributed by atoms with Crippen molar-refractivity contribution >= 4 is 5.84 Å². The first-order valence-electron chi connectivity index (χ1n) is 6.47. The largest absolute Gasteiger partial charge is 0.409 e. The van der Waals surface area contributed by atoms with Crippen molar-refractivity contribution in [1.82, 2.24) is 4.90 Å². The van der Waals surface area contributed by atoms with Gasteiger partial charge in [0, 0.05) is 26.1 Å². The van der Waals surface area contributed by atoms with Crippen LogP contribution in [0, 0.1) is 0 Å². The van der Waals surface area contributed by atoms with Crippen molar-refractivity contribution in [3.05, 3.63) is 35.9 Å². The predicted molar refractivity (Wildman–Crippen MR) is 76.3 cm³/mol. The second-order valence-electron chi connectivity index (χ2n) is 4.34. The molecule has 19 heavy (non-hydrogen) atoms. The summed E-state index contributed by atoms with van der Waals surface area (Å²) in [4.78, 5) is 2.26. The third-order valence-electron chi connectivity index (χ3n) is 3.14. The van der Waals surface area contributed by atoms with Crippen molar-refractivity contribution in [2.24, 2.45) is 10.9 Å². The lowest BCUT2D eigenvalue weighted by atomic mass is 10.0. The van der Waals surface area contributed by atoms with E-state index in [0.717, 1.165) is 18.7 Å². The molecule has 5 nitrogen and oxygen atoms in total. The van der Waals surface area contributed by atoms with Crippen LogP contribution in [-0.2, 0) is 4.74 Å². The summed E-state index contributed by atoms with van der Waals surface area (Å²) < 4.78 is 5.14. The Balaban J connectivity index is 2.90. The van der Waals surface area contributed by atoms with Gasteiger partial charge >= 0.3 is 0 Å². The van der Waals surface area contributed by atoms with E-state index < -0.39 is 0 Å². The fourth-order valence-corrected chi connectivity index (χ4v) is 2.11. The Morgan fingerprint density at radius 1 is 1.42 bits per heavy atom. The molecule has 0 amide bonds. The zero-order valence-electron chi connectivity index (χ0n) is 11.6. The van der Waals surface area contributed by atoms with Gasteiger partial charge in [-0.25, -0.2) is 0 Å². The van der Waals surface area contributed by atoms with Crippen LogP contribution in [0.15, 0.2) is 35.5 Å². The first-order valence-corrected chi connectivity index (χ1v) is 6.47. The minimum atomic E-state index is 0.0947. The molecule has 0 aromatic heterocycles. The summed E-state index contributed by atoms with van der Waals surface area (Å²) in [6.07, 6.45) is 0.498. The second kappa shape index (κ2) is 8.50. The van der Waals surface area contributed by atoms with E-state index in [4.69, 9.17) is 15.7 Å². The minimum absolute atomic E-state index is 0.0947. The number of oxime groups is 1. The summed E-state index contributed by atoms with van der Waals surface area (Å²) in [5, 5.41) is 11.9. The van der Waals surface area contributed by atoms with Crippen molar-refractivity contribution in [3.63, 3.8) is 0 Å². The Morgan fingerprint density at radius 2 is 2.11 bits per heavy atom. The molecule has 3 N–H and O–H groups in total. The Hall–Kier alpha value is -1.59. The van der Waals surface area contributed by atoms with Gasteiger partial charge in [-0.05, 0) is 12.1 Å². The average Bonchev–Trinajstić information content (AvgIpc) is 2.47. The number of nitrogens with two attached hydrogens (primary N) is 1. The highest BCUT2D eigenvalue weighted by molar-refractivity contribution is 5.80. The predicted octanol–water partition coefficient (Wildman–Crippen LogP) is 1.83. The van der Waals surface area contributed by atoms with Crippen molar-refractivity contribution < 1.29 is 9.94 Å². The molecule has 0 aliphatic rings. The number of amidine groups is 1. The van der Waals surface area contributed by atoms with Gasteiger partial charge < -0.3 is 15.7 Å². The van der Waals surface area contributed by atoms with Gasteiger partial charge in [-0.15, -0.1) is 0 Å². The third kappa shape index (κ3) is 4.89. The highest BCUT2D eigenvalue weighted by Gasteiger charge is 2.20. The lowest BCUT2D eigenvalue weighted by Gasteiger charge is -2.30. The van der Waals surface area contributed by atoms with Gasteiger partial charge in [0.2, 0.25) is 0 Å². The number of hydrogen-bond acceptors (Lipinski definition) is 4. The van der Waals surface area contributed by atoms with Crippen molar-refractivity contribution in [1.29, 1.82) is 0 Å². The van der Waals surface area contributed by atoms with Gasteiger partial charge in [-0.3, -0.25) is 4.90 Å². The smallest absolute Gasteiger partial charge is 0.141 e. The summed E-state index contributed by atoms with van der Waals surface area (Å²) in [5.41, 5.74) is 6.83. The first kappa shape index (κ1) is 15.5. The average molecular weight is 265 g/mol. The van der Waals surface area contributed by atoms with Gasteiger partial charge in [0.1, 0.15) is 5.84 Å². The van der Waals surface area contributed by atoms with Crippen LogP contribution in [0.1, 0.15) is 24.9 Å². The number of likely N-dealkylation sites (N-methyl/N-ethyl adjacent to an activating group) is 1. The second-order valence-corrected chi connectivity index (χ2v) is 4.34. The SMILES string of the molecule is CCN(CCOC)C(CC(N)=NO)c1ccccc1. The summed E-state index contributed by atoms with van der Waals surface area (Å²) in [5.74, 6) is 0.240. The molecule has 106 valence electrons. The summed E-state index contributed by atoms with van der Waals surface area (Å²) in [7, 11) is 1.69. The van der Waals surface area contributed by atoms with Crippen molar-refractivity contribution in [2.75, 3.05) is 26.8 Å². The van der Waals surface area contributed by atoms with E-state index in [9.17, 15) is 0 Å². The molecular weight excluding hydrogens is 242 g/mol. The molecule has 1 unspecified atom stereocenters. The molecule has 0 radical (unpaired) electrons. The van der Waals surface area contributed by atoms with Gasteiger partial charge in [0.25, 0.3) is 0 Å². The van der Waals surface area contributed by atoms with Crippen LogP contribution in [-0.4, -0.2) is 42.7 Å². The van der Waals surface area contributed by atoms with E-state index in [0.29, 0.717) is 13.0 Å². The van der Waals surface area contributed by atoms with Crippen molar-refractivity contribution in [2.45, 2.75) is 19.4 Å². The number of hydrogen-bond donors (Lipinski definition) is 2. The van der Waals surface area contributed by atoms with Crippen LogP contribution < -0.4 is 5.73 Å². The maximum absolute atomic E-state index is 8.78. The van der Waals surface area contributed by atoms with Crippen LogP contribution >= 0.6 is 0 Å². The number of ether oxygens (including phenoxy) is 1. The topological polar surface area (TPSA) is 71.1 Å². The monoisotopic (exact) mass is 265 g/mol. The van der Waals surface area contributed by atoms with Crippen LogP contribution in [0.25, 0.3) is 0 Å². The molecule has 1 aromatic carbocycles. The quantitative estimate of drug-likeness (QED) is 0.325. The lowest BCUT2D eigenvalue weighted by Crippen LogP contribution is -2.34. The highest BCUT2D eigenvalue weighted by atomic mass is 16.5. The molecule has 5 heteroatoms. The molecule has 0 heterocycles. The standard InChI is InChI=1S/C14H23N3O2/c1-3-17(9-10-19-2)13(11-14(15)16-18)12-7-5-4-6-8-12/h4-8,13,18H,3,9-11H2,1-2H3,(H2,15,16). The fourth-order valence-electron chi connectivity index (χ4n) is 2.11. The van der Waals surface area contributed by atoms with Crippen LogP contribution in [0.4, 0.5) is 0 Å². The molecule has 0 fully saturated rings. The molecule has 0 saturated heterocycles. The molecule has 0 spiro atoms. The van der Waals surface area contributed by atoms with Crippen LogP contribution in [0.5, 0.6) is 0 Å². The summed E-state index contributed by atoms with van der Waals surface area (Å²) >= 11 is 0. The fraction of sp³-hybridized carbons (Fsp3) is 0.500. The van der Waals surface area contributed by atoms with Gasteiger partial charge in [-0.1, -0.05) is 42.4 Å². The first-order chi connectivity index (χ1) is 9.22. The summed E-state index contributed by atoms with van der Waals surface area (Å²) in [6.45, 7) is 4.44. The normalized spacial score (nSPS) is 13.7. The minimum Gasteiger partial charge on any atom is -0.409 e. The lowest BCUT2D eigenvalue weighted by molar-refractivity contribution is 0.125. The molecule has 1 aromatic rings. The van der Waals surface area contributed by atoms with Gasteiger partial charge in [0.15, 0.2) is 0 Å². The Morgan fingerprint density at radius 3 is 2.63 bits per heavy atom. The van der Waals surface area contributed by atoms with Crippen LogP contribution in [0.3, 0.4) is 0 Å². The molecule has 0 bridgehead atoms. The zero-order valence-corrected chi connectivity index (χ0v) is 11.6. The van der Waals surface area contributed by atoms with Gasteiger partial charge in [-0.2, -0.15) is 0 Å². The van der Waals surface area contributed by atoms with E-state index in [-0.39, 0.29) is 11.9 Å². The number of rotatable bonds is 8. The van der Waals surface area contributed by atoms with E-state index in [1.165, 1.54) is 0 Å². The molecule has 1 atom stereocenters. The zero-order chi connectivity index (χ0) is 14.1. The van der Waals surface area contributed by atoms with E-state index in [1.807, 2.05) is 18.2 Å². The maximum Gasteiger partial charge on any atom is 0.141 e. The molecule has 1 rings (SSSR count). The number of methoxy groups -OCH3 is 1.